The van der Waals surface area contributed by atoms with E-state index in [2.05, 4.69) is 235 Å². The molecule has 0 saturated carbocycles. The van der Waals surface area contributed by atoms with E-state index in [1.807, 2.05) is 0 Å². The molecule has 11 aromatic rings. The first kappa shape index (κ1) is 35.5. The van der Waals surface area contributed by atoms with E-state index in [1.54, 1.807) is 0 Å². The molecule has 0 radical (unpaired) electrons. The number of para-hydroxylation sites is 4. The van der Waals surface area contributed by atoms with Gasteiger partial charge in [-0.2, -0.15) is 0 Å². The molecule has 0 spiro atoms. The fourth-order valence-electron chi connectivity index (χ4n) is 10.7. The first-order valence-corrected chi connectivity index (χ1v) is 21.6. The summed E-state index contributed by atoms with van der Waals surface area (Å²) in [7, 11) is 0. The SMILES string of the molecule is CC(C)Cc1ccc(C2(c3cccc(-c4cc(-n5c6ccccc6c6ccccc65)cc(-n5c6ccccc6c6ccccc65)c4)c3)c3ccccc3-c3ccccc32)cc1. The molecule has 0 atom stereocenters. The van der Waals surface area contributed by atoms with Crippen molar-refractivity contribution in [3.63, 3.8) is 0 Å². The van der Waals surface area contributed by atoms with Crippen LogP contribution >= 0.6 is 0 Å². The normalized spacial score (nSPS) is 13.1. The largest absolute Gasteiger partial charge is 0.309 e. The highest BCUT2D eigenvalue weighted by Crippen LogP contribution is 2.56. The molecule has 9 aromatic carbocycles. The number of fused-ring (bicyclic) bond motifs is 9. The Morgan fingerprint density at radius 3 is 1.30 bits per heavy atom. The summed E-state index contributed by atoms with van der Waals surface area (Å²) >= 11 is 0. The third-order valence-corrected chi connectivity index (χ3v) is 13.2. The summed E-state index contributed by atoms with van der Waals surface area (Å²) in [5.74, 6) is 0.593. The highest BCUT2D eigenvalue weighted by Gasteiger charge is 2.46. The lowest BCUT2D eigenvalue weighted by atomic mass is 9.67. The fourth-order valence-corrected chi connectivity index (χ4v) is 10.7. The van der Waals surface area contributed by atoms with E-state index in [9.17, 15) is 0 Å². The summed E-state index contributed by atoms with van der Waals surface area (Å²) < 4.78 is 4.91. The second kappa shape index (κ2) is 13.8. The summed E-state index contributed by atoms with van der Waals surface area (Å²) in [4.78, 5) is 0. The summed E-state index contributed by atoms with van der Waals surface area (Å²) in [6.45, 7) is 4.60. The average molecular weight is 781 g/mol. The lowest BCUT2D eigenvalue weighted by molar-refractivity contribution is 0.646. The van der Waals surface area contributed by atoms with Crippen molar-refractivity contribution in [3.05, 3.63) is 240 Å². The number of rotatable bonds is 7. The zero-order valence-corrected chi connectivity index (χ0v) is 34.4. The maximum atomic E-state index is 2.47. The minimum Gasteiger partial charge on any atom is -0.309 e. The summed E-state index contributed by atoms with van der Waals surface area (Å²) in [5, 5.41) is 5.01. The van der Waals surface area contributed by atoms with Gasteiger partial charge in [0.15, 0.2) is 0 Å². The van der Waals surface area contributed by atoms with Crippen LogP contribution in [0.25, 0.3) is 77.2 Å². The number of hydrogen-bond donors (Lipinski definition) is 0. The van der Waals surface area contributed by atoms with Crippen molar-refractivity contribution in [1.82, 2.24) is 9.13 Å². The third kappa shape index (κ3) is 5.35. The Balaban J connectivity index is 1.14. The van der Waals surface area contributed by atoms with Gasteiger partial charge < -0.3 is 9.13 Å². The Bertz CT molecular complexity index is 3200. The molecule has 290 valence electrons. The lowest BCUT2D eigenvalue weighted by Crippen LogP contribution is -2.28. The van der Waals surface area contributed by atoms with Crippen molar-refractivity contribution in [2.24, 2.45) is 5.92 Å². The summed E-state index contributed by atoms with van der Waals surface area (Å²) in [6, 6.07) is 79.5. The van der Waals surface area contributed by atoms with Gasteiger partial charge in [-0.1, -0.05) is 178 Å². The Morgan fingerprint density at radius 2 is 0.820 bits per heavy atom. The zero-order chi connectivity index (χ0) is 40.7. The molecule has 2 nitrogen and oxygen atoms in total. The molecule has 2 aromatic heterocycles. The van der Waals surface area contributed by atoms with Crippen LogP contribution in [0.5, 0.6) is 0 Å². The molecule has 1 aliphatic rings. The van der Waals surface area contributed by atoms with Crippen LogP contribution in [0.15, 0.2) is 212 Å². The molecule has 2 heterocycles. The van der Waals surface area contributed by atoms with Crippen LogP contribution in [-0.4, -0.2) is 9.13 Å². The van der Waals surface area contributed by atoms with Gasteiger partial charge in [0.2, 0.25) is 0 Å². The number of aromatic nitrogens is 2. The molecule has 0 bridgehead atoms. The van der Waals surface area contributed by atoms with Crippen LogP contribution in [0.3, 0.4) is 0 Å². The van der Waals surface area contributed by atoms with Crippen LogP contribution in [0.4, 0.5) is 0 Å². The van der Waals surface area contributed by atoms with Gasteiger partial charge >= 0.3 is 0 Å². The van der Waals surface area contributed by atoms with Gasteiger partial charge in [0, 0.05) is 32.9 Å². The Labute approximate surface area is 356 Å². The molecule has 0 aliphatic heterocycles. The average Bonchev–Trinajstić information content (AvgIpc) is 3.94. The molecule has 1 aliphatic carbocycles. The van der Waals surface area contributed by atoms with E-state index in [0.717, 1.165) is 17.8 Å². The minimum absolute atomic E-state index is 0.500. The van der Waals surface area contributed by atoms with E-state index < -0.39 is 5.41 Å². The number of benzene rings is 9. The quantitative estimate of drug-likeness (QED) is 0.152. The fraction of sp³-hybridized carbons (Fsp3) is 0.0847. The van der Waals surface area contributed by atoms with Crippen LogP contribution < -0.4 is 0 Å². The topological polar surface area (TPSA) is 9.86 Å². The lowest BCUT2D eigenvalue weighted by Gasteiger charge is -2.34. The van der Waals surface area contributed by atoms with Crippen LogP contribution in [0, 0.1) is 5.92 Å². The first-order chi connectivity index (χ1) is 30.1. The van der Waals surface area contributed by atoms with Gasteiger partial charge in [0.1, 0.15) is 0 Å². The molecular formula is C59H44N2. The summed E-state index contributed by atoms with van der Waals surface area (Å²) in [5.41, 5.74) is 18.1. The van der Waals surface area contributed by atoms with E-state index in [1.165, 1.54) is 93.7 Å². The van der Waals surface area contributed by atoms with Crippen molar-refractivity contribution in [2.45, 2.75) is 25.7 Å². The molecule has 0 unspecified atom stereocenters. The molecule has 0 amide bonds. The Kier molecular flexibility index (Phi) is 8.05. The predicted molar refractivity (Wildman–Crippen MR) is 256 cm³/mol. The Morgan fingerprint density at radius 1 is 0.377 bits per heavy atom. The molecule has 0 fully saturated rings. The Hall–Kier alpha value is -7.42. The van der Waals surface area contributed by atoms with Gasteiger partial charge in [-0.25, -0.2) is 0 Å². The van der Waals surface area contributed by atoms with Crippen LogP contribution in [-0.2, 0) is 11.8 Å². The second-order valence-corrected chi connectivity index (χ2v) is 17.2. The second-order valence-electron chi connectivity index (χ2n) is 17.2. The maximum absolute atomic E-state index is 2.47. The molecule has 61 heavy (non-hydrogen) atoms. The summed E-state index contributed by atoms with van der Waals surface area (Å²) in [6.07, 6.45) is 1.06. The van der Waals surface area contributed by atoms with Crippen LogP contribution in [0.2, 0.25) is 0 Å². The molecular weight excluding hydrogens is 737 g/mol. The van der Waals surface area contributed by atoms with Crippen molar-refractivity contribution in [2.75, 3.05) is 0 Å². The molecule has 12 rings (SSSR count). The molecule has 2 heteroatoms. The predicted octanol–water partition coefficient (Wildman–Crippen LogP) is 15.1. The van der Waals surface area contributed by atoms with Gasteiger partial charge in [-0.05, 0) is 111 Å². The number of nitrogens with zero attached hydrogens (tertiary/aromatic N) is 2. The smallest absolute Gasteiger partial charge is 0.0713 e. The molecule has 0 N–H and O–H groups in total. The van der Waals surface area contributed by atoms with Gasteiger partial charge in [-0.15, -0.1) is 0 Å². The van der Waals surface area contributed by atoms with E-state index >= 15 is 0 Å². The third-order valence-electron chi connectivity index (χ3n) is 13.2. The first-order valence-electron chi connectivity index (χ1n) is 21.6. The van der Waals surface area contributed by atoms with E-state index in [0.29, 0.717) is 5.92 Å². The maximum Gasteiger partial charge on any atom is 0.0713 e. The van der Waals surface area contributed by atoms with Gasteiger partial charge in [0.05, 0.1) is 27.5 Å². The molecule has 0 saturated heterocycles. The standard InChI is InChI=1S/C59H44N2/c1-39(2)34-40-30-32-43(33-31-40)59(53-24-9-3-18-47(53)48-19-4-10-25-54(48)59)44-17-15-16-41(35-44)42-36-45(60-55-26-11-5-20-49(55)50-21-6-12-27-56(50)60)38-46(37-42)61-57-28-13-7-22-51(57)52-23-8-14-29-58(52)61/h3-33,35-39H,34H2,1-2H3. The van der Waals surface area contributed by atoms with Gasteiger partial charge in [-0.3, -0.25) is 0 Å². The highest BCUT2D eigenvalue weighted by molar-refractivity contribution is 6.10. The van der Waals surface area contributed by atoms with Crippen molar-refractivity contribution < 1.29 is 0 Å². The number of hydrogen-bond acceptors (Lipinski definition) is 0. The monoisotopic (exact) mass is 780 g/mol. The zero-order valence-electron chi connectivity index (χ0n) is 34.4. The van der Waals surface area contributed by atoms with Crippen molar-refractivity contribution >= 4 is 43.6 Å². The van der Waals surface area contributed by atoms with Crippen molar-refractivity contribution in [1.29, 1.82) is 0 Å². The highest BCUT2D eigenvalue weighted by atomic mass is 15.0. The van der Waals surface area contributed by atoms with Crippen molar-refractivity contribution in [3.8, 4) is 33.6 Å². The minimum atomic E-state index is -0.500. The van der Waals surface area contributed by atoms with E-state index in [4.69, 9.17) is 0 Å². The van der Waals surface area contributed by atoms with Gasteiger partial charge in [0.25, 0.3) is 0 Å². The van der Waals surface area contributed by atoms with Crippen LogP contribution in [0.1, 0.15) is 41.7 Å². The van der Waals surface area contributed by atoms with E-state index in [-0.39, 0.29) is 0 Å².